The Morgan fingerprint density at radius 2 is 2.00 bits per heavy atom. The molecular weight excluding hydrogens is 135 g/mol. The zero-order valence-corrected chi connectivity index (χ0v) is 4.46. The van der Waals surface area contributed by atoms with Gasteiger partial charge in [-0.05, 0) is 0 Å². The number of hydrogen-bond acceptors (Lipinski definition) is 1. The van der Waals surface area contributed by atoms with E-state index in [1.165, 1.54) is 5.32 Å². The molecule has 0 heterocycles. The summed E-state index contributed by atoms with van der Waals surface area (Å²) in [5.74, 6) is -0.924. The highest BCUT2D eigenvalue weighted by Crippen LogP contribution is 2.11. The molecule has 0 fully saturated rings. The lowest BCUT2D eigenvalue weighted by molar-refractivity contribution is -0.135. The Hall–Kier alpha value is -0.740. The molecule has 0 aromatic heterocycles. The highest BCUT2D eigenvalue weighted by Gasteiger charge is 2.26. The van der Waals surface area contributed by atoms with E-state index in [2.05, 4.69) is 6.92 Å². The SMILES string of the molecule is [CH2]C(=O)NCC(F)(F)F. The fourth-order valence-corrected chi connectivity index (χ4v) is 0.199. The van der Waals surface area contributed by atoms with E-state index < -0.39 is 18.6 Å². The number of hydrogen-bond donors (Lipinski definition) is 1. The molecule has 53 valence electrons. The Bertz CT molecular complexity index is 109. The Morgan fingerprint density at radius 3 is 2.11 bits per heavy atom. The van der Waals surface area contributed by atoms with Crippen LogP contribution in [0.1, 0.15) is 0 Å². The van der Waals surface area contributed by atoms with Crippen molar-refractivity contribution >= 4 is 5.91 Å². The van der Waals surface area contributed by atoms with E-state index in [0.717, 1.165) is 0 Å². The monoisotopic (exact) mass is 140 g/mol. The molecular formula is C4H5F3NO. The van der Waals surface area contributed by atoms with Crippen LogP contribution in [-0.2, 0) is 4.79 Å². The predicted molar refractivity (Wildman–Crippen MR) is 24.4 cm³/mol. The number of carbonyl (C=O) groups excluding carboxylic acids is 1. The van der Waals surface area contributed by atoms with E-state index in [1.54, 1.807) is 0 Å². The first kappa shape index (κ1) is 8.26. The minimum Gasteiger partial charge on any atom is -0.347 e. The lowest BCUT2D eigenvalue weighted by Crippen LogP contribution is -2.32. The first-order valence-electron chi connectivity index (χ1n) is 2.08. The van der Waals surface area contributed by atoms with Gasteiger partial charge < -0.3 is 5.32 Å². The molecule has 0 atom stereocenters. The standard InChI is InChI=1S/C4H5F3NO/c1-3(9)8-2-4(5,6)7/h1-2H2,(H,8,9). The maximum absolute atomic E-state index is 11.2. The van der Waals surface area contributed by atoms with Crippen molar-refractivity contribution in [1.29, 1.82) is 0 Å². The molecule has 1 amide bonds. The van der Waals surface area contributed by atoms with Crippen molar-refractivity contribution in [1.82, 2.24) is 5.32 Å². The van der Waals surface area contributed by atoms with Gasteiger partial charge >= 0.3 is 6.18 Å². The summed E-state index contributed by atoms with van der Waals surface area (Å²) in [5.41, 5.74) is 0. The third-order valence-corrected chi connectivity index (χ3v) is 0.486. The van der Waals surface area contributed by atoms with Crippen LogP contribution in [0, 0.1) is 6.92 Å². The van der Waals surface area contributed by atoms with Crippen molar-refractivity contribution in [3.8, 4) is 0 Å². The molecule has 0 aliphatic carbocycles. The summed E-state index contributed by atoms with van der Waals surface area (Å²) < 4.78 is 33.5. The number of amides is 1. The van der Waals surface area contributed by atoms with Gasteiger partial charge in [-0.25, -0.2) is 0 Å². The lowest BCUT2D eigenvalue weighted by Gasteiger charge is -2.04. The summed E-state index contributed by atoms with van der Waals surface area (Å²) in [5, 5.41) is 1.51. The van der Waals surface area contributed by atoms with Gasteiger partial charge in [0.2, 0.25) is 5.91 Å². The van der Waals surface area contributed by atoms with Crippen molar-refractivity contribution in [3.63, 3.8) is 0 Å². The molecule has 0 saturated carbocycles. The number of nitrogens with one attached hydrogen (secondary N) is 1. The van der Waals surface area contributed by atoms with E-state index in [-0.39, 0.29) is 0 Å². The molecule has 0 unspecified atom stereocenters. The molecule has 1 radical (unpaired) electrons. The molecule has 0 aromatic carbocycles. The van der Waals surface area contributed by atoms with Crippen LogP contribution in [0.3, 0.4) is 0 Å². The largest absolute Gasteiger partial charge is 0.405 e. The van der Waals surface area contributed by atoms with Gasteiger partial charge in [-0.15, -0.1) is 0 Å². The van der Waals surface area contributed by atoms with E-state index in [9.17, 15) is 18.0 Å². The summed E-state index contributed by atoms with van der Waals surface area (Å²) in [6.45, 7) is 1.38. The summed E-state index contributed by atoms with van der Waals surface area (Å²) in [7, 11) is 0. The van der Waals surface area contributed by atoms with Gasteiger partial charge in [0.05, 0.1) is 0 Å². The van der Waals surface area contributed by atoms with Crippen molar-refractivity contribution in [2.24, 2.45) is 0 Å². The minimum atomic E-state index is -4.34. The summed E-state index contributed by atoms with van der Waals surface area (Å²) >= 11 is 0. The molecule has 9 heavy (non-hydrogen) atoms. The van der Waals surface area contributed by atoms with Gasteiger partial charge in [0.15, 0.2) is 0 Å². The maximum Gasteiger partial charge on any atom is 0.405 e. The van der Waals surface area contributed by atoms with Crippen LogP contribution in [0.2, 0.25) is 0 Å². The molecule has 0 bridgehead atoms. The molecule has 0 aliphatic rings. The Balaban J connectivity index is 3.39. The summed E-state index contributed by atoms with van der Waals surface area (Å²) in [6, 6.07) is 0. The first-order chi connectivity index (χ1) is 3.92. The topological polar surface area (TPSA) is 29.1 Å². The van der Waals surface area contributed by atoms with E-state index >= 15 is 0 Å². The summed E-state index contributed by atoms with van der Waals surface area (Å²) in [4.78, 5) is 9.77. The lowest BCUT2D eigenvalue weighted by atomic mass is 10.6. The van der Waals surface area contributed by atoms with Crippen LogP contribution in [0.5, 0.6) is 0 Å². The third kappa shape index (κ3) is 7.26. The molecule has 5 heteroatoms. The molecule has 0 aromatic rings. The van der Waals surface area contributed by atoms with Gasteiger partial charge in [-0.3, -0.25) is 4.79 Å². The zero-order valence-electron chi connectivity index (χ0n) is 4.46. The fraction of sp³-hybridized carbons (Fsp3) is 0.500. The molecule has 0 saturated heterocycles. The van der Waals surface area contributed by atoms with Crippen molar-refractivity contribution < 1.29 is 18.0 Å². The highest BCUT2D eigenvalue weighted by atomic mass is 19.4. The maximum atomic E-state index is 11.2. The minimum absolute atomic E-state index is 0.924. The Labute approximate surface area is 50.0 Å². The second-order valence-corrected chi connectivity index (χ2v) is 1.39. The quantitative estimate of drug-likeness (QED) is 0.564. The molecule has 1 N–H and O–H groups in total. The number of halogens is 3. The van der Waals surface area contributed by atoms with E-state index in [4.69, 9.17) is 0 Å². The predicted octanol–water partition coefficient (Wildman–Crippen LogP) is 0.499. The summed E-state index contributed by atoms with van der Waals surface area (Å²) in [6.07, 6.45) is -4.34. The van der Waals surface area contributed by atoms with Gasteiger partial charge in [0.1, 0.15) is 6.54 Å². The normalized spacial score (nSPS) is 11.1. The Morgan fingerprint density at radius 1 is 1.56 bits per heavy atom. The smallest absolute Gasteiger partial charge is 0.347 e. The average molecular weight is 140 g/mol. The molecule has 2 nitrogen and oxygen atoms in total. The zero-order chi connectivity index (χ0) is 7.49. The number of carbonyl (C=O) groups is 1. The average Bonchev–Trinajstić information content (AvgIpc) is 1.59. The van der Waals surface area contributed by atoms with Gasteiger partial charge in [-0.1, -0.05) is 0 Å². The van der Waals surface area contributed by atoms with Crippen LogP contribution in [0.15, 0.2) is 0 Å². The third-order valence-electron chi connectivity index (χ3n) is 0.486. The molecule has 0 aliphatic heterocycles. The fourth-order valence-electron chi connectivity index (χ4n) is 0.199. The van der Waals surface area contributed by atoms with E-state index in [0.29, 0.717) is 0 Å². The van der Waals surface area contributed by atoms with E-state index in [1.807, 2.05) is 0 Å². The number of alkyl halides is 3. The molecule has 0 rings (SSSR count). The second kappa shape index (κ2) is 2.70. The molecule has 0 spiro atoms. The van der Waals surface area contributed by atoms with Gasteiger partial charge in [-0.2, -0.15) is 13.2 Å². The van der Waals surface area contributed by atoms with Crippen molar-refractivity contribution in [3.05, 3.63) is 6.92 Å². The Kier molecular flexibility index (Phi) is 2.48. The van der Waals surface area contributed by atoms with Crippen molar-refractivity contribution in [2.75, 3.05) is 6.54 Å². The van der Waals surface area contributed by atoms with Gasteiger partial charge in [0.25, 0.3) is 0 Å². The highest BCUT2D eigenvalue weighted by molar-refractivity contribution is 5.79. The van der Waals surface area contributed by atoms with Crippen molar-refractivity contribution in [2.45, 2.75) is 6.18 Å². The van der Waals surface area contributed by atoms with Crippen LogP contribution in [0.4, 0.5) is 13.2 Å². The van der Waals surface area contributed by atoms with Crippen LogP contribution >= 0.6 is 0 Å². The first-order valence-corrected chi connectivity index (χ1v) is 2.08. The van der Waals surface area contributed by atoms with Crippen LogP contribution < -0.4 is 5.32 Å². The van der Waals surface area contributed by atoms with Crippen LogP contribution in [-0.4, -0.2) is 18.6 Å². The second-order valence-electron chi connectivity index (χ2n) is 1.39. The van der Waals surface area contributed by atoms with Crippen LogP contribution in [0.25, 0.3) is 0 Å². The van der Waals surface area contributed by atoms with Gasteiger partial charge in [0, 0.05) is 6.92 Å². The number of rotatable bonds is 1.